The van der Waals surface area contributed by atoms with Gasteiger partial charge < -0.3 is 5.11 Å². The first-order valence-corrected chi connectivity index (χ1v) is 6.71. The molecule has 0 heterocycles. The second-order valence-electron chi connectivity index (χ2n) is 6.27. The first kappa shape index (κ1) is 13.7. The van der Waals surface area contributed by atoms with Gasteiger partial charge in [-0.2, -0.15) is 0 Å². The standard InChI is InChI=1S/C18H22O/c1-12-9-10-13(2)15(11-12)14-7-6-8-16(17(14)19)18(3,4)5/h6-11,19H,1-5H3. The molecular weight excluding hydrogens is 232 g/mol. The molecule has 19 heavy (non-hydrogen) atoms. The van der Waals surface area contributed by atoms with E-state index in [0.717, 1.165) is 16.7 Å². The van der Waals surface area contributed by atoms with Crippen molar-refractivity contribution in [3.63, 3.8) is 0 Å². The minimum absolute atomic E-state index is 0.0577. The highest BCUT2D eigenvalue weighted by Crippen LogP contribution is 2.39. The molecule has 0 bridgehead atoms. The maximum Gasteiger partial charge on any atom is 0.127 e. The van der Waals surface area contributed by atoms with E-state index in [-0.39, 0.29) is 5.41 Å². The van der Waals surface area contributed by atoms with E-state index in [9.17, 15) is 5.11 Å². The number of benzene rings is 2. The number of aromatic hydroxyl groups is 1. The van der Waals surface area contributed by atoms with Crippen molar-refractivity contribution in [2.45, 2.75) is 40.0 Å². The Hall–Kier alpha value is -1.76. The Labute approximate surface area is 115 Å². The molecular formula is C18H22O. The van der Waals surface area contributed by atoms with E-state index in [1.165, 1.54) is 11.1 Å². The second-order valence-corrected chi connectivity index (χ2v) is 6.27. The molecule has 0 aliphatic heterocycles. The first-order chi connectivity index (χ1) is 8.80. The summed E-state index contributed by atoms with van der Waals surface area (Å²) < 4.78 is 0. The van der Waals surface area contributed by atoms with Crippen LogP contribution >= 0.6 is 0 Å². The number of phenols is 1. The zero-order valence-corrected chi connectivity index (χ0v) is 12.4. The molecule has 1 heteroatoms. The molecule has 2 aromatic carbocycles. The van der Waals surface area contributed by atoms with Crippen LogP contribution in [0.5, 0.6) is 5.75 Å². The summed E-state index contributed by atoms with van der Waals surface area (Å²) in [6, 6.07) is 12.4. The van der Waals surface area contributed by atoms with E-state index in [1.807, 2.05) is 18.2 Å². The predicted octanol–water partition coefficient (Wildman–Crippen LogP) is 4.97. The van der Waals surface area contributed by atoms with Crippen molar-refractivity contribution in [3.8, 4) is 16.9 Å². The predicted molar refractivity (Wildman–Crippen MR) is 81.7 cm³/mol. The summed E-state index contributed by atoms with van der Waals surface area (Å²) in [7, 11) is 0. The molecule has 0 spiro atoms. The summed E-state index contributed by atoms with van der Waals surface area (Å²) in [6.07, 6.45) is 0. The van der Waals surface area contributed by atoms with Gasteiger partial charge in [-0.1, -0.05) is 62.7 Å². The van der Waals surface area contributed by atoms with Crippen LogP contribution in [0.4, 0.5) is 0 Å². The van der Waals surface area contributed by atoms with Crippen molar-refractivity contribution >= 4 is 0 Å². The van der Waals surface area contributed by atoms with Crippen molar-refractivity contribution < 1.29 is 5.11 Å². The van der Waals surface area contributed by atoms with Crippen LogP contribution in [0.3, 0.4) is 0 Å². The van der Waals surface area contributed by atoms with Crippen LogP contribution in [0.15, 0.2) is 36.4 Å². The molecule has 0 aliphatic rings. The molecule has 0 amide bonds. The van der Waals surface area contributed by atoms with Crippen molar-refractivity contribution in [1.82, 2.24) is 0 Å². The van der Waals surface area contributed by atoms with Crippen molar-refractivity contribution in [2.75, 3.05) is 0 Å². The summed E-state index contributed by atoms with van der Waals surface area (Å²) in [5.41, 5.74) is 5.37. The number of phenolic OH excluding ortho intramolecular Hbond substituents is 1. The molecule has 0 aromatic heterocycles. The van der Waals surface area contributed by atoms with Gasteiger partial charge in [0.2, 0.25) is 0 Å². The molecule has 0 aliphatic carbocycles. The lowest BCUT2D eigenvalue weighted by Crippen LogP contribution is -2.11. The number of rotatable bonds is 1. The van der Waals surface area contributed by atoms with Crippen LogP contribution in [0, 0.1) is 13.8 Å². The fourth-order valence-electron chi connectivity index (χ4n) is 2.39. The van der Waals surface area contributed by atoms with Gasteiger partial charge in [-0.3, -0.25) is 0 Å². The molecule has 0 atom stereocenters. The van der Waals surface area contributed by atoms with E-state index in [0.29, 0.717) is 5.75 Å². The number of aryl methyl sites for hydroxylation is 2. The van der Waals surface area contributed by atoms with E-state index in [4.69, 9.17) is 0 Å². The van der Waals surface area contributed by atoms with Gasteiger partial charge in [0.1, 0.15) is 5.75 Å². The number of hydrogen-bond acceptors (Lipinski definition) is 1. The maximum atomic E-state index is 10.6. The highest BCUT2D eigenvalue weighted by molar-refractivity contribution is 5.75. The third-order valence-electron chi connectivity index (χ3n) is 3.53. The highest BCUT2D eigenvalue weighted by Gasteiger charge is 2.20. The smallest absolute Gasteiger partial charge is 0.127 e. The Bertz CT molecular complexity index is 604. The summed E-state index contributed by atoms with van der Waals surface area (Å²) >= 11 is 0. The molecule has 2 aromatic rings. The van der Waals surface area contributed by atoms with Gasteiger partial charge >= 0.3 is 0 Å². The lowest BCUT2D eigenvalue weighted by Gasteiger charge is -2.22. The van der Waals surface area contributed by atoms with E-state index in [1.54, 1.807) is 0 Å². The average molecular weight is 254 g/mol. The van der Waals surface area contributed by atoms with E-state index >= 15 is 0 Å². The Morgan fingerprint density at radius 2 is 1.58 bits per heavy atom. The second kappa shape index (κ2) is 4.73. The lowest BCUT2D eigenvalue weighted by atomic mass is 9.84. The van der Waals surface area contributed by atoms with Crippen LogP contribution < -0.4 is 0 Å². The quantitative estimate of drug-likeness (QED) is 0.761. The highest BCUT2D eigenvalue weighted by atomic mass is 16.3. The normalized spacial score (nSPS) is 11.6. The Kier molecular flexibility index (Phi) is 3.40. The van der Waals surface area contributed by atoms with Crippen LogP contribution in [0.1, 0.15) is 37.5 Å². The fourth-order valence-corrected chi connectivity index (χ4v) is 2.39. The van der Waals surface area contributed by atoms with Crippen molar-refractivity contribution in [2.24, 2.45) is 0 Å². The van der Waals surface area contributed by atoms with Gasteiger partial charge in [-0.25, -0.2) is 0 Å². The third-order valence-corrected chi connectivity index (χ3v) is 3.53. The molecule has 1 nitrogen and oxygen atoms in total. The SMILES string of the molecule is Cc1ccc(C)c(-c2cccc(C(C)(C)C)c2O)c1. The zero-order chi connectivity index (χ0) is 14.2. The molecule has 2 rings (SSSR count). The van der Waals surface area contributed by atoms with Gasteiger partial charge in [0.15, 0.2) is 0 Å². The molecule has 0 radical (unpaired) electrons. The van der Waals surface area contributed by atoms with Crippen LogP contribution in [-0.4, -0.2) is 5.11 Å². The average Bonchev–Trinajstić information content (AvgIpc) is 2.31. The number of hydrogen-bond donors (Lipinski definition) is 1. The minimum atomic E-state index is -0.0577. The van der Waals surface area contributed by atoms with E-state index in [2.05, 4.69) is 52.8 Å². The molecule has 0 saturated heterocycles. The fraction of sp³-hybridized carbons (Fsp3) is 0.333. The topological polar surface area (TPSA) is 20.2 Å². The first-order valence-electron chi connectivity index (χ1n) is 6.71. The maximum absolute atomic E-state index is 10.6. The Balaban J connectivity index is 2.67. The number of para-hydroxylation sites is 1. The van der Waals surface area contributed by atoms with Crippen molar-refractivity contribution in [3.05, 3.63) is 53.1 Å². The monoisotopic (exact) mass is 254 g/mol. The van der Waals surface area contributed by atoms with Crippen molar-refractivity contribution in [1.29, 1.82) is 0 Å². The largest absolute Gasteiger partial charge is 0.507 e. The van der Waals surface area contributed by atoms with Gasteiger partial charge in [0.25, 0.3) is 0 Å². The summed E-state index contributed by atoms with van der Waals surface area (Å²) in [4.78, 5) is 0. The summed E-state index contributed by atoms with van der Waals surface area (Å²) in [5.74, 6) is 0.406. The Morgan fingerprint density at radius 1 is 0.895 bits per heavy atom. The molecule has 0 fully saturated rings. The van der Waals surface area contributed by atoms with Gasteiger partial charge in [-0.15, -0.1) is 0 Å². The van der Waals surface area contributed by atoms with Gasteiger partial charge in [0, 0.05) is 5.56 Å². The van der Waals surface area contributed by atoms with Gasteiger partial charge in [-0.05, 0) is 36.0 Å². The molecule has 1 N–H and O–H groups in total. The lowest BCUT2D eigenvalue weighted by molar-refractivity contribution is 0.448. The summed E-state index contributed by atoms with van der Waals surface area (Å²) in [5, 5.41) is 10.6. The van der Waals surface area contributed by atoms with Crippen LogP contribution in [-0.2, 0) is 5.41 Å². The minimum Gasteiger partial charge on any atom is -0.507 e. The molecule has 0 unspecified atom stereocenters. The zero-order valence-electron chi connectivity index (χ0n) is 12.4. The van der Waals surface area contributed by atoms with Gasteiger partial charge in [0.05, 0.1) is 0 Å². The molecule has 0 saturated carbocycles. The third kappa shape index (κ3) is 2.65. The Morgan fingerprint density at radius 3 is 2.21 bits per heavy atom. The van der Waals surface area contributed by atoms with E-state index < -0.39 is 0 Å². The van der Waals surface area contributed by atoms with Crippen LogP contribution in [0.25, 0.3) is 11.1 Å². The molecule has 100 valence electrons. The summed E-state index contributed by atoms with van der Waals surface area (Å²) in [6.45, 7) is 10.5. The van der Waals surface area contributed by atoms with Crippen LogP contribution in [0.2, 0.25) is 0 Å².